The third-order valence-electron chi connectivity index (χ3n) is 10.0. The number of rotatable bonds is 6. The fourth-order valence-electron chi connectivity index (χ4n) is 7.29. The van der Waals surface area contributed by atoms with E-state index in [0.29, 0.717) is 45.3 Å². The Morgan fingerprint density at radius 2 is 1.06 bits per heavy atom. The summed E-state index contributed by atoms with van der Waals surface area (Å²) >= 11 is 0. The Bertz CT molecular complexity index is 2920. The maximum absolute atomic E-state index is 14.1. The van der Waals surface area contributed by atoms with E-state index >= 15 is 0 Å². The highest BCUT2D eigenvalue weighted by Crippen LogP contribution is 2.42. The Labute approximate surface area is 396 Å². The van der Waals surface area contributed by atoms with E-state index in [0.717, 1.165) is 28.2 Å². The average molecular weight is 955 g/mol. The molecule has 1 aliphatic heterocycles. The maximum Gasteiger partial charge on any atom is 0.416 e. The summed E-state index contributed by atoms with van der Waals surface area (Å²) in [5, 5.41) is 1.18. The van der Waals surface area contributed by atoms with E-state index < -0.39 is 47.0 Å². The number of aromatic nitrogens is 1. The molecule has 0 atom stereocenters. The van der Waals surface area contributed by atoms with Gasteiger partial charge >= 0.3 is 18.5 Å². The van der Waals surface area contributed by atoms with Crippen molar-refractivity contribution in [1.82, 2.24) is 4.57 Å². The van der Waals surface area contributed by atoms with E-state index in [-0.39, 0.29) is 34.2 Å². The predicted octanol–water partition coefficient (Wildman–Crippen LogP) is 17.7. The molecule has 1 aromatic heterocycles. The van der Waals surface area contributed by atoms with Crippen LogP contribution in [-0.2, 0) is 12.4 Å². The number of benzene rings is 6. The molecule has 1 aliphatic rings. The second-order valence-corrected chi connectivity index (χ2v) is 15.3. The molecular formula is C56H51F9N2O2. The van der Waals surface area contributed by atoms with Crippen molar-refractivity contribution in [2.45, 2.75) is 60.1 Å². The molecule has 0 N–H and O–H groups in total. The van der Waals surface area contributed by atoms with Crippen LogP contribution in [0.4, 0.5) is 45.2 Å². The van der Waals surface area contributed by atoms with Crippen molar-refractivity contribution in [1.29, 1.82) is 0 Å². The van der Waals surface area contributed by atoms with Gasteiger partial charge in [0.1, 0.15) is 0 Å². The summed E-state index contributed by atoms with van der Waals surface area (Å²) in [5.74, 6) is -1.13. The van der Waals surface area contributed by atoms with Crippen LogP contribution in [-0.4, -0.2) is 22.6 Å². The first-order valence-electron chi connectivity index (χ1n) is 21.7. The van der Waals surface area contributed by atoms with E-state index in [9.17, 15) is 49.1 Å². The molecule has 360 valence electrons. The molecule has 4 nitrogen and oxygen atoms in total. The maximum atomic E-state index is 14.1. The molecule has 0 aliphatic carbocycles. The Kier molecular flexibility index (Phi) is 18.1. The van der Waals surface area contributed by atoms with Crippen LogP contribution in [0.5, 0.6) is 0 Å². The van der Waals surface area contributed by atoms with Gasteiger partial charge < -0.3 is 4.57 Å². The SMILES string of the molecule is C=C/C(=C\C(C)C)C(F)(F)F.C=CC.C=CC.CC.O=C1c2cccc(-n3c4ccccc4c4cc(-c5cc(C(F)(F)F)cc(C(F)(F)F)c5)ccc43)c2C(=O)N1c1ccc(-c2ccccc2)cc1. The van der Waals surface area contributed by atoms with Crippen molar-refractivity contribution in [2.75, 3.05) is 4.90 Å². The summed E-state index contributed by atoms with van der Waals surface area (Å²) in [6.07, 6.45) is -8.77. The van der Waals surface area contributed by atoms with Gasteiger partial charge in [0.15, 0.2) is 0 Å². The van der Waals surface area contributed by atoms with Crippen LogP contribution in [0.15, 0.2) is 183 Å². The zero-order chi connectivity index (χ0) is 51.4. The predicted molar refractivity (Wildman–Crippen MR) is 262 cm³/mol. The summed E-state index contributed by atoms with van der Waals surface area (Å²) in [4.78, 5) is 29.0. The van der Waals surface area contributed by atoms with Crippen LogP contribution in [0.25, 0.3) is 49.7 Å². The lowest BCUT2D eigenvalue weighted by molar-refractivity contribution is -0.143. The standard InChI is InChI=1S/C40H22F6N2O2.C8H11F3.2C3H6.C2H6/c41-39(42,43)27-19-26(20-28(22-27)40(44,45)46)25-15-18-34-32(21-25)30-9-4-5-11-33(30)48(34)35-12-6-10-31-36(35)38(50)47(37(31)49)29-16-13-24(14-17-29)23-7-2-1-3-8-23;1-4-7(5-6(2)3)8(9,10)11;2*1-3-2;1-2/h1-22H;4-6H,1H2,2-3H3;2*3H,1H2,2H3;1-2H3/b;7-5+;;;. The minimum Gasteiger partial charge on any atom is -0.308 e. The number of halogens is 9. The Morgan fingerprint density at radius 1 is 0.551 bits per heavy atom. The number of carbonyl (C=O) groups is 2. The molecule has 69 heavy (non-hydrogen) atoms. The van der Waals surface area contributed by atoms with Crippen molar-refractivity contribution in [3.8, 4) is 27.9 Å². The summed E-state index contributed by atoms with van der Waals surface area (Å²) in [6.45, 7) is 21.0. The van der Waals surface area contributed by atoms with Crippen LogP contribution in [0.2, 0.25) is 0 Å². The second kappa shape index (κ2) is 23.1. The third-order valence-corrected chi connectivity index (χ3v) is 10.0. The number of alkyl halides is 9. The molecular weight excluding hydrogens is 904 g/mol. The molecule has 2 amide bonds. The highest BCUT2D eigenvalue weighted by Gasteiger charge is 2.40. The van der Waals surface area contributed by atoms with Gasteiger partial charge in [-0.15, -0.1) is 13.2 Å². The first kappa shape index (κ1) is 54.2. The van der Waals surface area contributed by atoms with Gasteiger partial charge in [-0.25, -0.2) is 4.90 Å². The number of allylic oxidation sites excluding steroid dienone is 5. The van der Waals surface area contributed by atoms with Crippen molar-refractivity contribution in [3.05, 3.63) is 205 Å². The lowest BCUT2D eigenvalue weighted by Crippen LogP contribution is -2.29. The number of imide groups is 1. The number of hydrogen-bond donors (Lipinski definition) is 0. The Hall–Kier alpha value is -7.41. The fourth-order valence-corrected chi connectivity index (χ4v) is 7.29. The zero-order valence-corrected chi connectivity index (χ0v) is 38.8. The third kappa shape index (κ3) is 12.6. The molecule has 0 spiro atoms. The lowest BCUT2D eigenvalue weighted by Gasteiger charge is -2.16. The largest absolute Gasteiger partial charge is 0.416 e. The number of nitrogens with zero attached hydrogens (tertiary/aromatic N) is 2. The molecule has 0 saturated heterocycles. The fraction of sp³-hybridized carbons (Fsp3) is 0.179. The molecule has 7 aromatic rings. The number of para-hydroxylation sites is 1. The van der Waals surface area contributed by atoms with Gasteiger partial charge in [-0.2, -0.15) is 39.5 Å². The second-order valence-electron chi connectivity index (χ2n) is 15.3. The number of hydrogen-bond acceptors (Lipinski definition) is 2. The normalized spacial score (nSPS) is 12.4. The van der Waals surface area contributed by atoms with Crippen LogP contribution in [0.3, 0.4) is 0 Å². The van der Waals surface area contributed by atoms with Crippen LogP contribution in [0.1, 0.15) is 73.4 Å². The van der Waals surface area contributed by atoms with Gasteiger partial charge in [-0.05, 0) is 103 Å². The van der Waals surface area contributed by atoms with Gasteiger partial charge in [0, 0.05) is 10.8 Å². The Balaban J connectivity index is 0.000000468. The zero-order valence-electron chi connectivity index (χ0n) is 38.8. The molecule has 0 radical (unpaired) electrons. The molecule has 2 heterocycles. The van der Waals surface area contributed by atoms with Crippen molar-refractivity contribution >= 4 is 39.3 Å². The molecule has 6 aromatic carbocycles. The van der Waals surface area contributed by atoms with Crippen LogP contribution >= 0.6 is 0 Å². The summed E-state index contributed by atoms with van der Waals surface area (Å²) in [7, 11) is 0. The van der Waals surface area contributed by atoms with Gasteiger partial charge in [0.25, 0.3) is 11.8 Å². The van der Waals surface area contributed by atoms with Crippen molar-refractivity contribution < 1.29 is 49.1 Å². The Morgan fingerprint density at radius 3 is 1.57 bits per heavy atom. The summed E-state index contributed by atoms with van der Waals surface area (Å²) in [6, 6.07) is 34.9. The van der Waals surface area contributed by atoms with E-state index in [1.165, 1.54) is 6.07 Å². The van der Waals surface area contributed by atoms with E-state index in [1.54, 1.807) is 97.3 Å². The molecule has 0 bridgehead atoms. The molecule has 8 rings (SSSR count). The molecule has 0 unspecified atom stereocenters. The van der Waals surface area contributed by atoms with E-state index in [4.69, 9.17) is 0 Å². The first-order chi connectivity index (χ1) is 32.6. The topological polar surface area (TPSA) is 42.3 Å². The van der Waals surface area contributed by atoms with Crippen LogP contribution < -0.4 is 4.90 Å². The molecule has 0 saturated carbocycles. The van der Waals surface area contributed by atoms with Gasteiger partial charge in [0.05, 0.1) is 50.2 Å². The van der Waals surface area contributed by atoms with Gasteiger partial charge in [-0.1, -0.05) is 131 Å². The van der Waals surface area contributed by atoms with Gasteiger partial charge in [0.2, 0.25) is 0 Å². The summed E-state index contributed by atoms with van der Waals surface area (Å²) < 4.78 is 120. The van der Waals surface area contributed by atoms with Crippen LogP contribution in [0, 0.1) is 5.92 Å². The quantitative estimate of drug-likeness (QED) is 0.0721. The minimum atomic E-state index is -4.99. The van der Waals surface area contributed by atoms with Crippen molar-refractivity contribution in [2.24, 2.45) is 5.92 Å². The van der Waals surface area contributed by atoms with Crippen molar-refractivity contribution in [3.63, 3.8) is 0 Å². The smallest absolute Gasteiger partial charge is 0.308 e. The average Bonchev–Trinajstić information content (AvgIpc) is 3.78. The minimum absolute atomic E-state index is 0.100. The summed E-state index contributed by atoms with van der Waals surface area (Å²) in [5.41, 5.74) is 0.642. The van der Waals surface area contributed by atoms with Gasteiger partial charge in [-0.3, -0.25) is 9.59 Å². The number of fused-ring (bicyclic) bond motifs is 4. The number of anilines is 1. The highest BCUT2D eigenvalue weighted by molar-refractivity contribution is 6.35. The number of amides is 2. The van der Waals surface area contributed by atoms with E-state index in [2.05, 4.69) is 19.7 Å². The monoisotopic (exact) mass is 954 g/mol. The van der Waals surface area contributed by atoms with E-state index in [1.807, 2.05) is 70.2 Å². The lowest BCUT2D eigenvalue weighted by atomic mass is 9.97. The highest BCUT2D eigenvalue weighted by atomic mass is 19.4. The molecule has 0 fully saturated rings. The first-order valence-corrected chi connectivity index (χ1v) is 21.7. The molecule has 13 heteroatoms. The number of carbonyl (C=O) groups excluding carboxylic acids is 2.